The third-order valence-corrected chi connectivity index (χ3v) is 3.71. The van der Waals surface area contributed by atoms with Crippen LogP contribution in [-0.2, 0) is 0 Å². The predicted molar refractivity (Wildman–Crippen MR) is 82.4 cm³/mol. The number of thiazole rings is 1. The number of halogens is 2. The monoisotopic (exact) mass is 330 g/mol. The van der Waals surface area contributed by atoms with E-state index in [2.05, 4.69) is 10.3 Å². The molecule has 20 heavy (non-hydrogen) atoms. The molecule has 0 unspecified atom stereocenters. The summed E-state index contributed by atoms with van der Waals surface area (Å²) in [6.45, 7) is 4.13. The molecular formula is C13H12Cl2N2O2S. The lowest BCUT2D eigenvalue weighted by Crippen LogP contribution is -2.14. The van der Waals surface area contributed by atoms with Crippen LogP contribution in [0.25, 0.3) is 0 Å². The van der Waals surface area contributed by atoms with Gasteiger partial charge in [0.25, 0.3) is 5.91 Å². The van der Waals surface area contributed by atoms with Crippen LogP contribution in [0.15, 0.2) is 18.3 Å². The van der Waals surface area contributed by atoms with Crippen molar-refractivity contribution >= 4 is 45.6 Å². The number of benzene rings is 1. The SMILES string of the molecule is CCOc1c(Cl)cc(Cl)cc1C(=O)Nc1ncc(C)s1. The Morgan fingerprint density at radius 1 is 1.45 bits per heavy atom. The molecule has 0 aliphatic carbocycles. The quantitative estimate of drug-likeness (QED) is 0.903. The Bertz CT molecular complexity index is 643. The van der Waals surface area contributed by atoms with Crippen molar-refractivity contribution in [2.75, 3.05) is 11.9 Å². The van der Waals surface area contributed by atoms with Gasteiger partial charge in [-0.05, 0) is 26.0 Å². The number of carbonyl (C=O) groups is 1. The molecule has 0 radical (unpaired) electrons. The first-order valence-electron chi connectivity index (χ1n) is 5.87. The number of amides is 1. The molecule has 2 rings (SSSR count). The van der Waals surface area contributed by atoms with Crippen molar-refractivity contribution < 1.29 is 9.53 Å². The van der Waals surface area contributed by atoms with E-state index in [-0.39, 0.29) is 11.5 Å². The molecule has 0 aliphatic rings. The van der Waals surface area contributed by atoms with Crippen LogP contribution in [0.2, 0.25) is 10.0 Å². The minimum Gasteiger partial charge on any atom is -0.491 e. The first kappa shape index (κ1) is 15.1. The predicted octanol–water partition coefficient (Wildman–Crippen LogP) is 4.41. The second kappa shape index (κ2) is 6.43. The van der Waals surface area contributed by atoms with Crippen molar-refractivity contribution in [3.05, 3.63) is 38.8 Å². The van der Waals surface area contributed by atoms with Crippen LogP contribution in [0.4, 0.5) is 5.13 Å². The van der Waals surface area contributed by atoms with Crippen LogP contribution < -0.4 is 10.1 Å². The third-order valence-electron chi connectivity index (χ3n) is 2.38. The second-order valence-electron chi connectivity index (χ2n) is 3.93. The summed E-state index contributed by atoms with van der Waals surface area (Å²) < 4.78 is 5.42. The van der Waals surface area contributed by atoms with Crippen molar-refractivity contribution in [3.63, 3.8) is 0 Å². The molecule has 106 valence electrons. The zero-order chi connectivity index (χ0) is 14.7. The van der Waals surface area contributed by atoms with Crippen molar-refractivity contribution in [3.8, 4) is 5.75 Å². The highest BCUT2D eigenvalue weighted by atomic mass is 35.5. The van der Waals surface area contributed by atoms with E-state index in [1.54, 1.807) is 12.3 Å². The van der Waals surface area contributed by atoms with Gasteiger partial charge >= 0.3 is 0 Å². The molecule has 1 amide bonds. The van der Waals surface area contributed by atoms with E-state index in [9.17, 15) is 4.79 Å². The van der Waals surface area contributed by atoms with Crippen LogP contribution in [-0.4, -0.2) is 17.5 Å². The highest BCUT2D eigenvalue weighted by Gasteiger charge is 2.18. The van der Waals surface area contributed by atoms with Crippen molar-refractivity contribution in [1.82, 2.24) is 4.98 Å². The molecule has 1 aromatic heterocycles. The van der Waals surface area contributed by atoms with Gasteiger partial charge in [0, 0.05) is 16.1 Å². The van der Waals surface area contributed by atoms with E-state index < -0.39 is 0 Å². The van der Waals surface area contributed by atoms with Gasteiger partial charge in [0.15, 0.2) is 10.9 Å². The number of hydrogen-bond acceptors (Lipinski definition) is 4. The maximum atomic E-state index is 12.3. The first-order chi connectivity index (χ1) is 9.51. The zero-order valence-electron chi connectivity index (χ0n) is 10.9. The van der Waals surface area contributed by atoms with Crippen LogP contribution in [0, 0.1) is 6.92 Å². The number of anilines is 1. The molecule has 0 bridgehead atoms. The van der Waals surface area contributed by atoms with Gasteiger partial charge < -0.3 is 4.74 Å². The lowest BCUT2D eigenvalue weighted by Gasteiger charge is -2.12. The average Bonchev–Trinajstić information content (AvgIpc) is 2.77. The molecule has 2 aromatic rings. The van der Waals surface area contributed by atoms with E-state index in [1.165, 1.54) is 17.4 Å². The molecule has 0 atom stereocenters. The van der Waals surface area contributed by atoms with Gasteiger partial charge in [0.2, 0.25) is 0 Å². The summed E-state index contributed by atoms with van der Waals surface area (Å²) in [4.78, 5) is 17.4. The Hall–Kier alpha value is -1.30. The Balaban J connectivity index is 2.32. The smallest absolute Gasteiger partial charge is 0.261 e. The normalized spacial score (nSPS) is 10.4. The fourth-order valence-electron chi connectivity index (χ4n) is 1.60. The number of carbonyl (C=O) groups excluding carboxylic acids is 1. The Kier molecular flexibility index (Phi) is 4.86. The lowest BCUT2D eigenvalue weighted by atomic mass is 10.2. The maximum Gasteiger partial charge on any atom is 0.261 e. The van der Waals surface area contributed by atoms with E-state index >= 15 is 0 Å². The molecule has 0 saturated carbocycles. The van der Waals surface area contributed by atoms with Crippen LogP contribution in [0.5, 0.6) is 5.75 Å². The van der Waals surface area contributed by atoms with Gasteiger partial charge in [-0.1, -0.05) is 23.2 Å². The van der Waals surface area contributed by atoms with E-state index in [0.29, 0.717) is 27.5 Å². The number of hydrogen-bond donors (Lipinski definition) is 1. The van der Waals surface area contributed by atoms with E-state index in [0.717, 1.165) is 4.88 Å². The largest absolute Gasteiger partial charge is 0.491 e. The number of nitrogens with zero attached hydrogens (tertiary/aromatic N) is 1. The Labute approximate surface area is 130 Å². The molecule has 1 heterocycles. The third kappa shape index (κ3) is 3.42. The highest BCUT2D eigenvalue weighted by Crippen LogP contribution is 2.33. The summed E-state index contributed by atoms with van der Waals surface area (Å²) in [5, 5.41) is 3.90. The standard InChI is InChI=1S/C13H12Cl2N2O2S/c1-3-19-11-9(4-8(14)5-10(11)15)12(18)17-13-16-6-7(2)20-13/h4-6H,3H2,1-2H3,(H,16,17,18). The maximum absolute atomic E-state index is 12.3. The molecule has 1 aromatic carbocycles. The Morgan fingerprint density at radius 3 is 2.80 bits per heavy atom. The van der Waals surface area contributed by atoms with Gasteiger partial charge in [-0.15, -0.1) is 11.3 Å². The van der Waals surface area contributed by atoms with Gasteiger partial charge in [-0.3, -0.25) is 10.1 Å². The van der Waals surface area contributed by atoms with Crippen molar-refractivity contribution in [1.29, 1.82) is 0 Å². The first-order valence-corrected chi connectivity index (χ1v) is 7.44. The summed E-state index contributed by atoms with van der Waals surface area (Å²) in [6, 6.07) is 3.06. The molecule has 0 fully saturated rings. The van der Waals surface area contributed by atoms with Crippen molar-refractivity contribution in [2.45, 2.75) is 13.8 Å². The summed E-state index contributed by atoms with van der Waals surface area (Å²) in [5.74, 6) is -0.0310. The second-order valence-corrected chi connectivity index (χ2v) is 6.01. The molecule has 1 N–H and O–H groups in total. The number of aryl methyl sites for hydroxylation is 1. The summed E-state index contributed by atoms with van der Waals surface area (Å²) in [6.07, 6.45) is 1.69. The van der Waals surface area contributed by atoms with Gasteiger partial charge in [-0.25, -0.2) is 4.98 Å². The molecule has 7 heteroatoms. The molecule has 0 spiro atoms. The molecule has 4 nitrogen and oxygen atoms in total. The number of rotatable bonds is 4. The van der Waals surface area contributed by atoms with E-state index in [4.69, 9.17) is 27.9 Å². The summed E-state index contributed by atoms with van der Waals surface area (Å²) >= 11 is 13.4. The highest BCUT2D eigenvalue weighted by molar-refractivity contribution is 7.15. The number of aromatic nitrogens is 1. The van der Waals surface area contributed by atoms with Crippen molar-refractivity contribution in [2.24, 2.45) is 0 Å². The molecule has 0 aliphatic heterocycles. The molecular weight excluding hydrogens is 319 g/mol. The number of nitrogens with one attached hydrogen (secondary N) is 1. The summed E-state index contributed by atoms with van der Waals surface area (Å²) in [7, 11) is 0. The Morgan fingerprint density at radius 2 is 2.20 bits per heavy atom. The minimum absolute atomic E-state index is 0.289. The van der Waals surface area contributed by atoms with Crippen LogP contribution in [0.3, 0.4) is 0 Å². The lowest BCUT2D eigenvalue weighted by molar-refractivity contribution is 0.102. The van der Waals surface area contributed by atoms with Gasteiger partial charge in [0.1, 0.15) is 0 Å². The van der Waals surface area contributed by atoms with Crippen LogP contribution >= 0.6 is 34.5 Å². The summed E-state index contributed by atoms with van der Waals surface area (Å²) in [5.41, 5.74) is 0.289. The minimum atomic E-state index is -0.354. The number of ether oxygens (including phenoxy) is 1. The van der Waals surface area contributed by atoms with Gasteiger partial charge in [-0.2, -0.15) is 0 Å². The fourth-order valence-corrected chi connectivity index (χ4v) is 2.80. The average molecular weight is 331 g/mol. The topological polar surface area (TPSA) is 51.2 Å². The van der Waals surface area contributed by atoms with Crippen LogP contribution in [0.1, 0.15) is 22.2 Å². The zero-order valence-corrected chi connectivity index (χ0v) is 13.2. The fraction of sp³-hybridized carbons (Fsp3) is 0.231. The van der Waals surface area contributed by atoms with E-state index in [1.807, 2.05) is 13.8 Å². The molecule has 0 saturated heterocycles. The van der Waals surface area contributed by atoms with Gasteiger partial charge in [0.05, 0.1) is 17.2 Å².